The van der Waals surface area contributed by atoms with Crippen molar-refractivity contribution in [2.24, 2.45) is 5.41 Å². The van der Waals surface area contributed by atoms with Gasteiger partial charge in [0.05, 0.1) is 0 Å². The molecule has 0 aromatic heterocycles. The standard InChI is InChI=1S/C13H21NO3/c1-4-13(5-2,6-3)9-12(17)14-10(15)7-8-11(14)16/h4-9H2,1-3H3. The second-order valence-electron chi connectivity index (χ2n) is 4.75. The molecule has 1 heterocycles. The maximum absolute atomic E-state index is 12.0. The first kappa shape index (κ1) is 13.9. The van der Waals surface area contributed by atoms with E-state index in [2.05, 4.69) is 0 Å². The van der Waals surface area contributed by atoms with E-state index in [-0.39, 0.29) is 36.0 Å². The Morgan fingerprint density at radius 3 is 1.82 bits per heavy atom. The Hall–Kier alpha value is -1.19. The molecule has 96 valence electrons. The predicted octanol–water partition coefficient (Wildman–Crippen LogP) is 2.27. The third-order valence-corrected chi connectivity index (χ3v) is 4.08. The van der Waals surface area contributed by atoms with Gasteiger partial charge in [0.1, 0.15) is 0 Å². The van der Waals surface area contributed by atoms with Crippen molar-refractivity contribution in [1.82, 2.24) is 4.90 Å². The van der Waals surface area contributed by atoms with Gasteiger partial charge in [0.25, 0.3) is 0 Å². The molecule has 0 spiro atoms. The number of carbonyl (C=O) groups is 3. The van der Waals surface area contributed by atoms with Crippen LogP contribution in [-0.4, -0.2) is 22.6 Å². The molecule has 1 aliphatic rings. The van der Waals surface area contributed by atoms with Crippen LogP contribution in [-0.2, 0) is 14.4 Å². The minimum absolute atomic E-state index is 0.0692. The quantitative estimate of drug-likeness (QED) is 0.691. The second kappa shape index (κ2) is 5.43. The minimum Gasteiger partial charge on any atom is -0.274 e. The van der Waals surface area contributed by atoms with Gasteiger partial charge in [0.15, 0.2) is 0 Å². The first-order valence-corrected chi connectivity index (χ1v) is 6.38. The Morgan fingerprint density at radius 2 is 1.47 bits per heavy atom. The fourth-order valence-corrected chi connectivity index (χ4v) is 2.38. The minimum atomic E-state index is -0.336. The van der Waals surface area contributed by atoms with Gasteiger partial charge in [0, 0.05) is 19.3 Å². The Kier molecular flexibility index (Phi) is 4.43. The molecule has 17 heavy (non-hydrogen) atoms. The zero-order valence-corrected chi connectivity index (χ0v) is 10.9. The van der Waals surface area contributed by atoms with Crippen LogP contribution in [0.25, 0.3) is 0 Å². The van der Waals surface area contributed by atoms with E-state index in [9.17, 15) is 14.4 Å². The van der Waals surface area contributed by atoms with E-state index in [4.69, 9.17) is 0 Å². The van der Waals surface area contributed by atoms with Gasteiger partial charge >= 0.3 is 0 Å². The van der Waals surface area contributed by atoms with Gasteiger partial charge in [-0.25, -0.2) is 4.90 Å². The molecule has 1 aliphatic heterocycles. The molecular formula is C13H21NO3. The summed E-state index contributed by atoms with van der Waals surface area (Å²) >= 11 is 0. The molecule has 0 atom stereocenters. The summed E-state index contributed by atoms with van der Waals surface area (Å²) in [5.41, 5.74) is -0.0692. The highest BCUT2D eigenvalue weighted by Crippen LogP contribution is 2.35. The molecule has 0 saturated carbocycles. The third kappa shape index (κ3) is 2.73. The van der Waals surface area contributed by atoms with Crippen LogP contribution in [0, 0.1) is 5.41 Å². The zero-order valence-electron chi connectivity index (χ0n) is 10.9. The van der Waals surface area contributed by atoms with E-state index in [1.54, 1.807) is 0 Å². The smallest absolute Gasteiger partial charge is 0.236 e. The number of hydrogen-bond donors (Lipinski definition) is 0. The molecule has 3 amide bonds. The maximum atomic E-state index is 12.0. The normalized spacial score (nSPS) is 16.8. The fourth-order valence-electron chi connectivity index (χ4n) is 2.38. The van der Waals surface area contributed by atoms with Crippen molar-refractivity contribution in [2.45, 2.75) is 59.3 Å². The molecule has 0 radical (unpaired) electrons. The molecule has 0 N–H and O–H groups in total. The van der Waals surface area contributed by atoms with Gasteiger partial charge in [-0.3, -0.25) is 14.4 Å². The van der Waals surface area contributed by atoms with E-state index in [0.717, 1.165) is 24.2 Å². The summed E-state index contributed by atoms with van der Waals surface area (Å²) in [5.74, 6) is -0.988. The lowest BCUT2D eigenvalue weighted by atomic mass is 9.76. The zero-order chi connectivity index (χ0) is 13.1. The Balaban J connectivity index is 2.77. The highest BCUT2D eigenvalue weighted by Gasteiger charge is 2.37. The Morgan fingerprint density at radius 1 is 1.06 bits per heavy atom. The van der Waals surface area contributed by atoms with E-state index < -0.39 is 0 Å². The fraction of sp³-hybridized carbons (Fsp3) is 0.769. The molecule has 4 heteroatoms. The molecule has 1 rings (SSSR count). The van der Waals surface area contributed by atoms with Crippen molar-refractivity contribution in [1.29, 1.82) is 0 Å². The van der Waals surface area contributed by atoms with Crippen molar-refractivity contribution in [2.75, 3.05) is 0 Å². The Bertz CT molecular complexity index is 307. The first-order chi connectivity index (χ1) is 7.99. The molecule has 0 aromatic carbocycles. The lowest BCUT2D eigenvalue weighted by Gasteiger charge is -2.30. The molecule has 0 unspecified atom stereocenters. The number of likely N-dealkylation sites (tertiary alicyclic amines) is 1. The SMILES string of the molecule is CCC(CC)(CC)CC(=O)N1C(=O)CCC1=O. The van der Waals surface area contributed by atoms with Crippen LogP contribution in [0.5, 0.6) is 0 Å². The van der Waals surface area contributed by atoms with E-state index >= 15 is 0 Å². The summed E-state index contributed by atoms with van der Waals surface area (Å²) in [5, 5.41) is 0. The first-order valence-electron chi connectivity index (χ1n) is 6.38. The van der Waals surface area contributed by atoms with Crippen molar-refractivity contribution in [3.8, 4) is 0 Å². The van der Waals surface area contributed by atoms with Crippen LogP contribution < -0.4 is 0 Å². The molecule has 0 bridgehead atoms. The second-order valence-corrected chi connectivity index (χ2v) is 4.75. The van der Waals surface area contributed by atoms with Crippen LogP contribution in [0.3, 0.4) is 0 Å². The van der Waals surface area contributed by atoms with Crippen LogP contribution in [0.1, 0.15) is 59.3 Å². The molecule has 1 fully saturated rings. The van der Waals surface area contributed by atoms with Crippen LogP contribution >= 0.6 is 0 Å². The van der Waals surface area contributed by atoms with Gasteiger partial charge in [-0.15, -0.1) is 0 Å². The summed E-state index contributed by atoms with van der Waals surface area (Å²) in [6.45, 7) is 6.15. The number of carbonyl (C=O) groups excluding carboxylic acids is 3. The maximum Gasteiger partial charge on any atom is 0.236 e. The summed E-state index contributed by atoms with van der Waals surface area (Å²) in [6.07, 6.45) is 3.34. The van der Waals surface area contributed by atoms with Crippen LogP contribution in [0.15, 0.2) is 0 Å². The van der Waals surface area contributed by atoms with Gasteiger partial charge in [-0.05, 0) is 24.7 Å². The van der Waals surface area contributed by atoms with E-state index in [0.29, 0.717) is 6.42 Å². The predicted molar refractivity (Wildman–Crippen MR) is 64.0 cm³/mol. The highest BCUT2D eigenvalue weighted by atomic mass is 16.2. The lowest BCUT2D eigenvalue weighted by Crippen LogP contribution is -2.38. The number of amides is 3. The number of nitrogens with zero attached hydrogens (tertiary/aromatic N) is 1. The lowest BCUT2D eigenvalue weighted by molar-refractivity contribution is -0.150. The van der Waals surface area contributed by atoms with E-state index in [1.165, 1.54) is 0 Å². The van der Waals surface area contributed by atoms with Gasteiger partial charge in [0.2, 0.25) is 17.7 Å². The largest absolute Gasteiger partial charge is 0.274 e. The summed E-state index contributed by atoms with van der Waals surface area (Å²) < 4.78 is 0. The molecule has 1 saturated heterocycles. The number of rotatable bonds is 5. The molecule has 4 nitrogen and oxygen atoms in total. The van der Waals surface area contributed by atoms with Gasteiger partial charge in [-0.1, -0.05) is 20.8 Å². The molecular weight excluding hydrogens is 218 g/mol. The van der Waals surface area contributed by atoms with Crippen LogP contribution in [0.4, 0.5) is 0 Å². The van der Waals surface area contributed by atoms with Crippen molar-refractivity contribution >= 4 is 17.7 Å². The van der Waals surface area contributed by atoms with Crippen LogP contribution in [0.2, 0.25) is 0 Å². The third-order valence-electron chi connectivity index (χ3n) is 4.08. The van der Waals surface area contributed by atoms with Gasteiger partial charge in [-0.2, -0.15) is 0 Å². The topological polar surface area (TPSA) is 54.5 Å². The molecule has 0 aliphatic carbocycles. The van der Waals surface area contributed by atoms with Gasteiger partial charge < -0.3 is 0 Å². The molecule has 0 aromatic rings. The van der Waals surface area contributed by atoms with Crippen molar-refractivity contribution in [3.63, 3.8) is 0 Å². The number of imide groups is 3. The number of hydrogen-bond acceptors (Lipinski definition) is 3. The summed E-state index contributed by atoms with van der Waals surface area (Å²) in [4.78, 5) is 35.8. The average molecular weight is 239 g/mol. The highest BCUT2D eigenvalue weighted by molar-refractivity contribution is 6.15. The summed E-state index contributed by atoms with van der Waals surface area (Å²) in [6, 6.07) is 0. The Labute approximate surface area is 102 Å². The van der Waals surface area contributed by atoms with Crippen molar-refractivity contribution < 1.29 is 14.4 Å². The monoisotopic (exact) mass is 239 g/mol. The average Bonchev–Trinajstić information content (AvgIpc) is 2.66. The summed E-state index contributed by atoms with van der Waals surface area (Å²) in [7, 11) is 0. The van der Waals surface area contributed by atoms with Crippen molar-refractivity contribution in [3.05, 3.63) is 0 Å². The van der Waals surface area contributed by atoms with E-state index in [1.807, 2.05) is 20.8 Å².